The summed E-state index contributed by atoms with van der Waals surface area (Å²) in [7, 11) is 1.39. The van der Waals surface area contributed by atoms with Crippen LogP contribution < -0.4 is 29.1 Å². The molecule has 52 heavy (non-hydrogen) atoms. The van der Waals surface area contributed by atoms with Crippen molar-refractivity contribution in [3.63, 3.8) is 0 Å². The summed E-state index contributed by atoms with van der Waals surface area (Å²) in [5, 5.41) is 11.0. The third-order valence-electron chi connectivity index (χ3n) is 8.66. The monoisotopic (exact) mass is 701 g/mol. The number of hydrogen-bond donors (Lipinski definition) is 1. The first-order chi connectivity index (χ1) is 25.5. The van der Waals surface area contributed by atoms with E-state index in [0.717, 1.165) is 29.8 Å². The van der Waals surface area contributed by atoms with Gasteiger partial charge in [0.1, 0.15) is 48.9 Å². The van der Waals surface area contributed by atoms with E-state index in [-0.39, 0.29) is 48.0 Å². The van der Waals surface area contributed by atoms with E-state index in [1.807, 2.05) is 91.0 Å². The lowest BCUT2D eigenvalue weighted by molar-refractivity contribution is 0.222. The lowest BCUT2D eigenvalue weighted by atomic mass is 10.1. The van der Waals surface area contributed by atoms with Crippen LogP contribution in [0.25, 0.3) is 22.3 Å². The quantitative estimate of drug-likeness (QED) is 0.100. The van der Waals surface area contributed by atoms with Crippen molar-refractivity contribution in [3.8, 4) is 45.8 Å². The Hall–Kier alpha value is -5.93. The highest BCUT2D eigenvalue weighted by atomic mass is 16.5. The topological polar surface area (TPSA) is 99.8 Å². The van der Waals surface area contributed by atoms with Gasteiger partial charge in [-0.3, -0.25) is 4.79 Å². The van der Waals surface area contributed by atoms with Crippen LogP contribution in [0.2, 0.25) is 0 Å². The average molecular weight is 702 g/mol. The van der Waals surface area contributed by atoms with E-state index in [2.05, 4.69) is 18.7 Å². The molecule has 5 aromatic carbocycles. The zero-order chi connectivity index (χ0) is 36.3. The van der Waals surface area contributed by atoms with Gasteiger partial charge in [0.15, 0.2) is 17.3 Å². The summed E-state index contributed by atoms with van der Waals surface area (Å²) in [5.41, 5.74) is 2.92. The van der Waals surface area contributed by atoms with Crippen LogP contribution in [0.3, 0.4) is 0 Å². The number of methoxy groups -OCH3 is 1. The number of fused-ring (bicyclic) bond motifs is 1. The van der Waals surface area contributed by atoms with Crippen molar-refractivity contribution in [2.45, 2.75) is 33.7 Å². The van der Waals surface area contributed by atoms with Gasteiger partial charge in [0, 0.05) is 24.2 Å². The minimum Gasteiger partial charge on any atom is -0.507 e. The fraction of sp³-hybridized carbons (Fsp3) is 0.233. The Balaban J connectivity index is 1.46. The van der Waals surface area contributed by atoms with Crippen LogP contribution in [0, 0.1) is 0 Å². The molecule has 1 N–H and O–H groups in total. The van der Waals surface area contributed by atoms with Crippen molar-refractivity contribution in [1.29, 1.82) is 0 Å². The van der Waals surface area contributed by atoms with Gasteiger partial charge in [-0.15, -0.1) is 0 Å². The molecular formula is C43H43NO8. The molecule has 0 spiro atoms. The average Bonchev–Trinajstić information content (AvgIpc) is 3.18. The van der Waals surface area contributed by atoms with E-state index in [9.17, 15) is 9.90 Å². The van der Waals surface area contributed by atoms with Crippen molar-refractivity contribution < 1.29 is 33.2 Å². The van der Waals surface area contributed by atoms with E-state index < -0.39 is 5.43 Å². The molecule has 0 amide bonds. The standard InChI is InChI=1S/C43H43NO8/c1-4-44(5-2)21-22-48-34-25-35(45)39-36(26-34)52-41(43(47-3)40(39)46)33-23-37(49-27-30-15-9-6-10-16-30)42(51-29-32-19-13-8-14-20-32)38(24-33)50-28-31-17-11-7-12-18-31/h6-20,23-26,45H,4-5,21-22,27-29H2,1-3H3. The molecule has 0 fully saturated rings. The molecule has 1 aromatic heterocycles. The first-order valence-electron chi connectivity index (χ1n) is 17.4. The fourth-order valence-electron chi connectivity index (χ4n) is 5.81. The molecule has 0 saturated carbocycles. The summed E-state index contributed by atoms with van der Waals surface area (Å²) in [4.78, 5) is 16.1. The fourth-order valence-corrected chi connectivity index (χ4v) is 5.81. The van der Waals surface area contributed by atoms with Crippen LogP contribution in [0.15, 0.2) is 124 Å². The van der Waals surface area contributed by atoms with E-state index in [1.54, 1.807) is 18.2 Å². The van der Waals surface area contributed by atoms with Crippen LogP contribution in [0.4, 0.5) is 0 Å². The predicted octanol–water partition coefficient (Wildman–Crippen LogP) is 8.63. The highest BCUT2D eigenvalue weighted by molar-refractivity contribution is 5.88. The van der Waals surface area contributed by atoms with Crippen molar-refractivity contribution >= 4 is 11.0 Å². The smallest absolute Gasteiger partial charge is 0.239 e. The molecule has 0 atom stereocenters. The number of benzene rings is 5. The Kier molecular flexibility index (Phi) is 12.0. The molecule has 0 saturated heterocycles. The second kappa shape index (κ2) is 17.3. The molecule has 268 valence electrons. The second-order valence-electron chi connectivity index (χ2n) is 12.1. The molecule has 0 bridgehead atoms. The molecule has 9 nitrogen and oxygen atoms in total. The number of ether oxygens (including phenoxy) is 5. The number of hydrogen-bond acceptors (Lipinski definition) is 9. The van der Waals surface area contributed by atoms with Crippen molar-refractivity contribution in [1.82, 2.24) is 4.90 Å². The summed E-state index contributed by atoms with van der Waals surface area (Å²) in [6, 6.07) is 35.9. The van der Waals surface area contributed by atoms with Crippen LogP contribution in [-0.2, 0) is 19.8 Å². The Bertz CT molecular complexity index is 2050. The first kappa shape index (κ1) is 35.9. The van der Waals surface area contributed by atoms with Crippen LogP contribution in [0.5, 0.6) is 34.5 Å². The van der Waals surface area contributed by atoms with Gasteiger partial charge in [0.2, 0.25) is 16.9 Å². The molecule has 0 unspecified atom stereocenters. The lowest BCUT2D eigenvalue weighted by Crippen LogP contribution is -2.27. The Morgan fingerprint density at radius 3 is 1.67 bits per heavy atom. The minimum atomic E-state index is -0.533. The summed E-state index contributed by atoms with van der Waals surface area (Å²) in [5.74, 6) is 1.30. The maximum absolute atomic E-state index is 13.9. The van der Waals surface area contributed by atoms with Gasteiger partial charge in [-0.05, 0) is 41.9 Å². The molecule has 6 aromatic rings. The van der Waals surface area contributed by atoms with Crippen molar-refractivity contribution in [2.75, 3.05) is 33.4 Å². The van der Waals surface area contributed by atoms with Gasteiger partial charge in [-0.1, -0.05) is 105 Å². The van der Waals surface area contributed by atoms with Crippen LogP contribution in [-0.4, -0.2) is 43.4 Å². The lowest BCUT2D eigenvalue weighted by Gasteiger charge is -2.20. The third kappa shape index (κ3) is 8.68. The zero-order valence-electron chi connectivity index (χ0n) is 29.7. The molecule has 0 aliphatic rings. The van der Waals surface area contributed by atoms with Crippen molar-refractivity contribution in [3.05, 3.63) is 142 Å². The van der Waals surface area contributed by atoms with E-state index >= 15 is 0 Å². The maximum Gasteiger partial charge on any atom is 0.239 e. The van der Waals surface area contributed by atoms with Gasteiger partial charge in [-0.2, -0.15) is 0 Å². The number of nitrogens with zero attached hydrogens (tertiary/aromatic N) is 1. The Labute approximate surface area is 303 Å². The number of phenolic OH excluding ortho intramolecular Hbond substituents is 1. The minimum absolute atomic E-state index is 0.0133. The number of likely N-dealkylation sites (N-methyl/N-ethyl adjacent to an activating group) is 1. The second-order valence-corrected chi connectivity index (χ2v) is 12.1. The zero-order valence-corrected chi connectivity index (χ0v) is 29.7. The Morgan fingerprint density at radius 2 is 1.17 bits per heavy atom. The van der Waals surface area contributed by atoms with Gasteiger partial charge in [-0.25, -0.2) is 0 Å². The molecule has 1 heterocycles. The Morgan fingerprint density at radius 1 is 0.654 bits per heavy atom. The van der Waals surface area contributed by atoms with E-state index in [4.69, 9.17) is 28.1 Å². The maximum atomic E-state index is 13.9. The normalized spacial score (nSPS) is 11.1. The van der Waals surface area contributed by atoms with Crippen LogP contribution >= 0.6 is 0 Å². The van der Waals surface area contributed by atoms with Gasteiger partial charge in [0.25, 0.3) is 0 Å². The SMILES string of the molecule is CCN(CC)CCOc1cc(O)c2c(=O)c(OC)c(-c3cc(OCc4ccccc4)c(OCc4ccccc4)c(OCc4ccccc4)c3)oc2c1. The number of rotatable bonds is 17. The van der Waals surface area contributed by atoms with E-state index in [0.29, 0.717) is 41.7 Å². The van der Waals surface area contributed by atoms with Gasteiger partial charge >= 0.3 is 0 Å². The molecule has 0 radical (unpaired) electrons. The highest BCUT2D eigenvalue weighted by Crippen LogP contribution is 2.45. The van der Waals surface area contributed by atoms with Crippen LogP contribution in [0.1, 0.15) is 30.5 Å². The predicted molar refractivity (Wildman–Crippen MR) is 202 cm³/mol. The molecular weight excluding hydrogens is 658 g/mol. The summed E-state index contributed by atoms with van der Waals surface area (Å²) in [6.45, 7) is 7.81. The summed E-state index contributed by atoms with van der Waals surface area (Å²) >= 11 is 0. The van der Waals surface area contributed by atoms with Crippen molar-refractivity contribution in [2.24, 2.45) is 0 Å². The summed E-state index contributed by atoms with van der Waals surface area (Å²) < 4.78 is 37.4. The molecule has 6 rings (SSSR count). The number of aromatic hydroxyl groups is 1. The molecule has 0 aliphatic carbocycles. The number of phenols is 1. The summed E-state index contributed by atoms with van der Waals surface area (Å²) in [6.07, 6.45) is 0. The molecule has 9 heteroatoms. The van der Waals surface area contributed by atoms with Gasteiger partial charge < -0.3 is 38.1 Å². The largest absolute Gasteiger partial charge is 0.507 e. The highest BCUT2D eigenvalue weighted by Gasteiger charge is 2.24. The van der Waals surface area contributed by atoms with Gasteiger partial charge in [0.05, 0.1) is 7.11 Å². The third-order valence-corrected chi connectivity index (χ3v) is 8.66. The first-order valence-corrected chi connectivity index (χ1v) is 17.4. The molecule has 0 aliphatic heterocycles. The van der Waals surface area contributed by atoms with E-state index in [1.165, 1.54) is 13.2 Å².